The van der Waals surface area contributed by atoms with Crippen LogP contribution < -0.4 is 5.32 Å². The first kappa shape index (κ1) is 13.7. The van der Waals surface area contributed by atoms with Gasteiger partial charge in [0.1, 0.15) is 5.69 Å². The lowest BCUT2D eigenvalue weighted by molar-refractivity contribution is 0.0627. The van der Waals surface area contributed by atoms with Gasteiger partial charge < -0.3 is 10.2 Å². The zero-order valence-electron chi connectivity index (χ0n) is 12.0. The van der Waals surface area contributed by atoms with Gasteiger partial charge in [0, 0.05) is 38.2 Å². The lowest BCUT2D eigenvalue weighted by atomic mass is 10.0. The molecule has 0 aliphatic carbocycles. The average molecular weight is 282 g/mol. The molecule has 108 valence electrons. The van der Waals surface area contributed by atoms with E-state index in [1.807, 2.05) is 42.3 Å². The average Bonchev–Trinajstić information content (AvgIpc) is 2.55. The van der Waals surface area contributed by atoms with Gasteiger partial charge in [0.15, 0.2) is 0 Å². The molecule has 0 spiro atoms. The molecule has 5 heteroatoms. The molecule has 1 N–H and O–H groups in total. The van der Waals surface area contributed by atoms with Gasteiger partial charge in [0.05, 0.1) is 6.04 Å². The second-order valence-electron chi connectivity index (χ2n) is 5.17. The summed E-state index contributed by atoms with van der Waals surface area (Å²) >= 11 is 0. The van der Waals surface area contributed by atoms with Crippen molar-refractivity contribution in [2.75, 3.05) is 19.6 Å². The minimum absolute atomic E-state index is 0.00126. The highest BCUT2D eigenvalue weighted by atomic mass is 16.2. The van der Waals surface area contributed by atoms with Gasteiger partial charge in [-0.05, 0) is 30.2 Å². The van der Waals surface area contributed by atoms with Gasteiger partial charge in [-0.2, -0.15) is 0 Å². The van der Waals surface area contributed by atoms with Crippen LogP contribution in [-0.2, 0) is 0 Å². The minimum atomic E-state index is -0.0107. The number of hydrogen-bond donors (Lipinski definition) is 1. The molecule has 0 radical (unpaired) electrons. The van der Waals surface area contributed by atoms with Crippen LogP contribution in [0.5, 0.6) is 0 Å². The molecule has 3 heterocycles. The zero-order valence-corrected chi connectivity index (χ0v) is 12.0. The maximum Gasteiger partial charge on any atom is 0.273 e. The Balaban J connectivity index is 1.91. The summed E-state index contributed by atoms with van der Waals surface area (Å²) in [6.07, 6.45) is 5.24. The van der Waals surface area contributed by atoms with Gasteiger partial charge in [-0.15, -0.1) is 0 Å². The van der Waals surface area contributed by atoms with Crippen molar-refractivity contribution in [1.29, 1.82) is 0 Å². The van der Waals surface area contributed by atoms with Gasteiger partial charge in [-0.3, -0.25) is 14.8 Å². The summed E-state index contributed by atoms with van der Waals surface area (Å²) < 4.78 is 0. The van der Waals surface area contributed by atoms with E-state index in [4.69, 9.17) is 0 Å². The van der Waals surface area contributed by atoms with E-state index in [9.17, 15) is 4.79 Å². The Morgan fingerprint density at radius 1 is 1.33 bits per heavy atom. The fraction of sp³-hybridized carbons (Fsp3) is 0.312. The van der Waals surface area contributed by atoms with Crippen molar-refractivity contribution in [3.8, 4) is 0 Å². The van der Waals surface area contributed by atoms with Crippen LogP contribution in [0.2, 0.25) is 0 Å². The highest BCUT2D eigenvalue weighted by molar-refractivity contribution is 5.94. The fourth-order valence-corrected chi connectivity index (χ4v) is 2.66. The lowest BCUT2D eigenvalue weighted by Gasteiger charge is -2.36. The Bertz CT molecular complexity index is 629. The van der Waals surface area contributed by atoms with Crippen LogP contribution in [0.4, 0.5) is 0 Å². The zero-order chi connectivity index (χ0) is 14.7. The molecule has 1 fully saturated rings. The Hall–Kier alpha value is -2.27. The lowest BCUT2D eigenvalue weighted by Crippen LogP contribution is -2.49. The number of carbonyl (C=O) groups excluding carboxylic acids is 1. The van der Waals surface area contributed by atoms with Crippen LogP contribution >= 0.6 is 0 Å². The fourth-order valence-electron chi connectivity index (χ4n) is 2.66. The molecule has 1 saturated heterocycles. The summed E-state index contributed by atoms with van der Waals surface area (Å²) in [5, 5.41) is 3.34. The summed E-state index contributed by atoms with van der Waals surface area (Å²) in [6.45, 7) is 4.13. The van der Waals surface area contributed by atoms with Crippen LogP contribution in [-0.4, -0.2) is 40.4 Å². The van der Waals surface area contributed by atoms with Gasteiger partial charge in [-0.25, -0.2) is 0 Å². The topological polar surface area (TPSA) is 58.1 Å². The second-order valence-corrected chi connectivity index (χ2v) is 5.17. The van der Waals surface area contributed by atoms with E-state index < -0.39 is 0 Å². The quantitative estimate of drug-likeness (QED) is 0.908. The van der Waals surface area contributed by atoms with E-state index in [2.05, 4.69) is 15.3 Å². The smallest absolute Gasteiger partial charge is 0.273 e. The van der Waals surface area contributed by atoms with Gasteiger partial charge in [0.2, 0.25) is 0 Å². The highest BCUT2D eigenvalue weighted by Gasteiger charge is 2.29. The number of nitrogens with zero attached hydrogens (tertiary/aromatic N) is 3. The number of hydrogen-bond acceptors (Lipinski definition) is 4. The molecule has 3 rings (SSSR count). The third-order valence-electron chi connectivity index (χ3n) is 3.79. The normalized spacial score (nSPS) is 18.5. The molecular formula is C16H18N4O. The molecule has 5 nitrogen and oxygen atoms in total. The summed E-state index contributed by atoms with van der Waals surface area (Å²) in [4.78, 5) is 23.1. The predicted octanol–water partition coefficient (Wildman–Crippen LogP) is 1.57. The number of aryl methyl sites for hydroxylation is 1. The van der Waals surface area contributed by atoms with E-state index >= 15 is 0 Å². The first-order chi connectivity index (χ1) is 10.3. The molecule has 1 amide bonds. The van der Waals surface area contributed by atoms with E-state index in [-0.39, 0.29) is 11.9 Å². The second kappa shape index (κ2) is 6.01. The maximum atomic E-state index is 12.8. The van der Waals surface area contributed by atoms with E-state index in [1.54, 1.807) is 12.4 Å². The number of aromatic nitrogens is 2. The number of pyridine rings is 2. The number of rotatable bonds is 2. The van der Waals surface area contributed by atoms with Crippen molar-refractivity contribution in [3.05, 3.63) is 59.7 Å². The number of carbonyl (C=O) groups is 1. The van der Waals surface area contributed by atoms with Crippen LogP contribution in [0.3, 0.4) is 0 Å². The first-order valence-corrected chi connectivity index (χ1v) is 7.10. The molecule has 1 unspecified atom stereocenters. The van der Waals surface area contributed by atoms with Crippen molar-refractivity contribution >= 4 is 5.91 Å². The van der Waals surface area contributed by atoms with Crippen molar-refractivity contribution in [2.24, 2.45) is 0 Å². The molecule has 2 aromatic rings. The van der Waals surface area contributed by atoms with E-state index in [0.717, 1.165) is 24.2 Å². The Morgan fingerprint density at radius 3 is 2.95 bits per heavy atom. The van der Waals surface area contributed by atoms with Crippen molar-refractivity contribution in [1.82, 2.24) is 20.2 Å². The number of amides is 1. The standard InChI is InChI=1S/C16H18N4O/c1-12-4-2-7-19-15(12)16(21)20-9-8-18-11-14(20)13-5-3-6-17-10-13/h2-7,10,14,18H,8-9,11H2,1H3. The Kier molecular flexibility index (Phi) is 3.92. The summed E-state index contributed by atoms with van der Waals surface area (Å²) in [5.41, 5.74) is 2.49. The SMILES string of the molecule is Cc1cccnc1C(=O)N1CCNCC1c1cccnc1. The molecule has 2 aromatic heterocycles. The summed E-state index contributed by atoms with van der Waals surface area (Å²) in [6, 6.07) is 7.68. The van der Waals surface area contributed by atoms with Gasteiger partial charge in [0.25, 0.3) is 5.91 Å². The first-order valence-electron chi connectivity index (χ1n) is 7.10. The molecule has 0 bridgehead atoms. The highest BCUT2D eigenvalue weighted by Crippen LogP contribution is 2.23. The molecular weight excluding hydrogens is 264 g/mol. The van der Waals surface area contributed by atoms with Crippen LogP contribution in [0.1, 0.15) is 27.7 Å². The minimum Gasteiger partial charge on any atom is -0.328 e. The van der Waals surface area contributed by atoms with Crippen LogP contribution in [0.25, 0.3) is 0 Å². The molecule has 1 aliphatic heterocycles. The number of piperazine rings is 1. The van der Waals surface area contributed by atoms with Crippen molar-refractivity contribution in [2.45, 2.75) is 13.0 Å². The summed E-state index contributed by atoms with van der Waals surface area (Å²) in [7, 11) is 0. The largest absolute Gasteiger partial charge is 0.328 e. The molecule has 21 heavy (non-hydrogen) atoms. The third kappa shape index (κ3) is 2.78. The van der Waals surface area contributed by atoms with Crippen LogP contribution in [0, 0.1) is 6.92 Å². The van der Waals surface area contributed by atoms with E-state index in [0.29, 0.717) is 12.2 Å². The third-order valence-corrected chi connectivity index (χ3v) is 3.79. The molecule has 0 aromatic carbocycles. The summed E-state index contributed by atoms with van der Waals surface area (Å²) in [5.74, 6) is -0.0107. The van der Waals surface area contributed by atoms with Gasteiger partial charge >= 0.3 is 0 Å². The monoisotopic (exact) mass is 282 g/mol. The maximum absolute atomic E-state index is 12.8. The molecule has 1 atom stereocenters. The van der Waals surface area contributed by atoms with Crippen molar-refractivity contribution < 1.29 is 4.79 Å². The molecule has 1 aliphatic rings. The van der Waals surface area contributed by atoms with Gasteiger partial charge in [-0.1, -0.05) is 12.1 Å². The number of nitrogens with one attached hydrogen (secondary N) is 1. The molecule has 0 saturated carbocycles. The Morgan fingerprint density at radius 2 is 2.19 bits per heavy atom. The Labute approximate surface area is 124 Å². The van der Waals surface area contributed by atoms with Crippen molar-refractivity contribution in [3.63, 3.8) is 0 Å². The van der Waals surface area contributed by atoms with Crippen LogP contribution in [0.15, 0.2) is 42.9 Å². The van der Waals surface area contributed by atoms with E-state index in [1.165, 1.54) is 0 Å². The predicted molar refractivity (Wildman–Crippen MR) is 79.9 cm³/mol.